The Morgan fingerprint density at radius 2 is 1.65 bits per heavy atom. The Kier molecular flexibility index (Phi) is 8.17. The van der Waals surface area contributed by atoms with Gasteiger partial charge in [-0.2, -0.15) is 0 Å². The second-order valence-corrected chi connectivity index (χ2v) is 7.20. The lowest BCUT2D eigenvalue weighted by Crippen LogP contribution is -2.19. The molecule has 0 unspecified atom stereocenters. The largest absolute Gasteiger partial charge is 0.427 e. The molecule has 160 valence electrons. The van der Waals surface area contributed by atoms with Gasteiger partial charge in [0.2, 0.25) is 0 Å². The smallest absolute Gasteiger partial charge is 0.323 e. The molecule has 1 aliphatic carbocycles. The summed E-state index contributed by atoms with van der Waals surface area (Å²) >= 11 is 0. The molecule has 3 rings (SSSR count). The van der Waals surface area contributed by atoms with Gasteiger partial charge < -0.3 is 15.4 Å². The molecule has 6 heteroatoms. The van der Waals surface area contributed by atoms with Crippen molar-refractivity contribution in [1.29, 1.82) is 0 Å². The van der Waals surface area contributed by atoms with Gasteiger partial charge in [0.05, 0.1) is 0 Å². The number of allylic oxidation sites excluding steroid dienone is 4. The first-order valence-corrected chi connectivity index (χ1v) is 10.4. The minimum Gasteiger partial charge on any atom is -0.427 e. The minimum atomic E-state index is -0.349. The van der Waals surface area contributed by atoms with E-state index in [1.165, 1.54) is 0 Å². The molecule has 0 aromatic heterocycles. The van der Waals surface area contributed by atoms with Crippen LogP contribution in [0, 0.1) is 0 Å². The van der Waals surface area contributed by atoms with E-state index in [9.17, 15) is 14.4 Å². The van der Waals surface area contributed by atoms with Crippen molar-refractivity contribution in [2.75, 3.05) is 10.6 Å². The number of nitrogens with one attached hydrogen (secondary N) is 2. The third kappa shape index (κ3) is 7.59. The van der Waals surface area contributed by atoms with Crippen LogP contribution in [0.4, 0.5) is 16.2 Å². The molecule has 0 saturated heterocycles. The second kappa shape index (κ2) is 11.5. The Hall–Kier alpha value is -3.67. The highest BCUT2D eigenvalue weighted by molar-refractivity contribution is 5.99. The van der Waals surface area contributed by atoms with E-state index >= 15 is 0 Å². The molecule has 31 heavy (non-hydrogen) atoms. The molecule has 0 spiro atoms. The maximum Gasteiger partial charge on any atom is 0.323 e. The fourth-order valence-electron chi connectivity index (χ4n) is 3.15. The van der Waals surface area contributed by atoms with Gasteiger partial charge in [-0.15, -0.1) is 0 Å². The van der Waals surface area contributed by atoms with E-state index in [-0.39, 0.29) is 17.8 Å². The maximum absolute atomic E-state index is 12.0. The summed E-state index contributed by atoms with van der Waals surface area (Å²) in [5.74, 6) is 0.372. The van der Waals surface area contributed by atoms with E-state index in [2.05, 4.69) is 10.6 Å². The lowest BCUT2D eigenvalue weighted by Gasteiger charge is -2.08. The van der Waals surface area contributed by atoms with Crippen LogP contribution < -0.4 is 15.4 Å². The second-order valence-electron chi connectivity index (χ2n) is 7.20. The predicted octanol–water partition coefficient (Wildman–Crippen LogP) is 5.64. The number of ketones is 1. The number of para-hydroxylation sites is 1. The molecule has 2 N–H and O–H groups in total. The molecule has 2 aromatic carbocycles. The topological polar surface area (TPSA) is 84.5 Å². The fraction of sp³-hybridized carbons (Fsp3) is 0.240. The van der Waals surface area contributed by atoms with Crippen molar-refractivity contribution in [2.45, 2.75) is 38.5 Å². The van der Waals surface area contributed by atoms with Crippen LogP contribution in [0.25, 0.3) is 0 Å². The van der Waals surface area contributed by atoms with E-state index in [0.717, 1.165) is 18.4 Å². The summed E-state index contributed by atoms with van der Waals surface area (Å²) in [4.78, 5) is 35.5. The number of esters is 1. The highest BCUT2D eigenvalue weighted by Crippen LogP contribution is 2.18. The number of Topliss-reactive ketones (excluding diaryl/α,β-unsaturated/α-hetero) is 1. The summed E-state index contributed by atoms with van der Waals surface area (Å²) in [5.41, 5.74) is 2.19. The van der Waals surface area contributed by atoms with Crippen LogP contribution in [0.5, 0.6) is 5.75 Å². The standard InChI is InChI=1S/C25H26N2O4/c28-23-13-8-10-19(23)9-4-1-2-7-14-24(29)31-22-17-15-21(16-18-22)27-25(30)26-20-11-5-3-6-12-20/h1,3-6,10-12,15-18H,2,7-9,13-14H2,(H2,26,27,30)/b4-1-. The number of unbranched alkanes of at least 4 members (excludes halogenated alkanes) is 1. The zero-order valence-electron chi connectivity index (χ0n) is 17.3. The number of ether oxygens (including phenoxy) is 1. The van der Waals surface area contributed by atoms with Crippen LogP contribution in [0.1, 0.15) is 38.5 Å². The van der Waals surface area contributed by atoms with E-state index < -0.39 is 0 Å². The van der Waals surface area contributed by atoms with Crippen LogP contribution in [0.15, 0.2) is 78.4 Å². The molecule has 2 aromatic rings. The first kappa shape index (κ1) is 22.0. The maximum atomic E-state index is 12.0. The quantitative estimate of drug-likeness (QED) is 0.239. The van der Waals surface area contributed by atoms with E-state index in [1.54, 1.807) is 36.4 Å². The Bertz CT molecular complexity index is 963. The van der Waals surface area contributed by atoms with Gasteiger partial charge in [0.1, 0.15) is 5.75 Å². The average molecular weight is 418 g/mol. The minimum absolute atomic E-state index is 0.242. The molecule has 2 amide bonds. The summed E-state index contributed by atoms with van der Waals surface area (Å²) < 4.78 is 5.33. The van der Waals surface area contributed by atoms with Crippen molar-refractivity contribution in [3.8, 4) is 5.75 Å². The summed E-state index contributed by atoms with van der Waals surface area (Å²) in [6, 6.07) is 15.4. The number of hydrogen-bond donors (Lipinski definition) is 2. The molecule has 0 aliphatic heterocycles. The van der Waals surface area contributed by atoms with Crippen molar-refractivity contribution in [3.63, 3.8) is 0 Å². The zero-order chi connectivity index (χ0) is 21.9. The summed E-state index contributed by atoms with van der Waals surface area (Å²) in [6.07, 6.45) is 9.90. The van der Waals surface area contributed by atoms with Gasteiger partial charge in [-0.25, -0.2) is 4.79 Å². The van der Waals surface area contributed by atoms with Gasteiger partial charge in [0.25, 0.3) is 0 Å². The van der Waals surface area contributed by atoms with Gasteiger partial charge in [-0.1, -0.05) is 36.4 Å². The number of benzene rings is 2. The Labute approximate surface area is 182 Å². The Morgan fingerprint density at radius 3 is 2.32 bits per heavy atom. The third-order valence-electron chi connectivity index (χ3n) is 4.75. The molecule has 0 bridgehead atoms. The molecular formula is C25H26N2O4. The van der Waals surface area contributed by atoms with E-state index in [0.29, 0.717) is 42.8 Å². The molecule has 0 radical (unpaired) electrons. The number of amides is 2. The van der Waals surface area contributed by atoms with Gasteiger partial charge >= 0.3 is 12.0 Å². The van der Waals surface area contributed by atoms with Gasteiger partial charge in [0.15, 0.2) is 5.78 Å². The van der Waals surface area contributed by atoms with Crippen LogP contribution in [-0.4, -0.2) is 17.8 Å². The molecule has 6 nitrogen and oxygen atoms in total. The number of hydrogen-bond acceptors (Lipinski definition) is 4. The third-order valence-corrected chi connectivity index (χ3v) is 4.75. The van der Waals surface area contributed by atoms with Crippen molar-refractivity contribution >= 4 is 29.2 Å². The van der Waals surface area contributed by atoms with Crippen LogP contribution in [-0.2, 0) is 9.59 Å². The molecule has 1 aliphatic rings. The number of anilines is 2. The molecule has 0 saturated carbocycles. The monoisotopic (exact) mass is 418 g/mol. The van der Waals surface area contributed by atoms with E-state index in [4.69, 9.17) is 4.74 Å². The lowest BCUT2D eigenvalue weighted by molar-refractivity contribution is -0.134. The molecule has 0 fully saturated rings. The zero-order valence-corrected chi connectivity index (χ0v) is 17.3. The number of carbonyl (C=O) groups is 3. The molecule has 0 atom stereocenters. The van der Waals surface area contributed by atoms with Crippen molar-refractivity contribution in [2.24, 2.45) is 0 Å². The van der Waals surface area contributed by atoms with Crippen molar-refractivity contribution in [1.82, 2.24) is 0 Å². The first-order chi connectivity index (χ1) is 15.1. The van der Waals surface area contributed by atoms with Crippen LogP contribution >= 0.6 is 0 Å². The Morgan fingerprint density at radius 1 is 0.935 bits per heavy atom. The highest BCUT2D eigenvalue weighted by atomic mass is 16.5. The van der Waals surface area contributed by atoms with Gasteiger partial charge in [-0.3, -0.25) is 9.59 Å². The van der Waals surface area contributed by atoms with Crippen molar-refractivity contribution in [3.05, 3.63) is 78.4 Å². The molecular weight excluding hydrogens is 392 g/mol. The van der Waals surface area contributed by atoms with Crippen LogP contribution in [0.2, 0.25) is 0 Å². The SMILES string of the molecule is O=C(Nc1ccccc1)Nc1ccc(OC(=O)CCC/C=C\CC2=CCCC2=O)cc1. The number of rotatable bonds is 9. The van der Waals surface area contributed by atoms with Gasteiger partial charge in [-0.05, 0) is 67.7 Å². The number of urea groups is 1. The summed E-state index contributed by atoms with van der Waals surface area (Å²) in [5, 5.41) is 5.46. The molecule has 0 heterocycles. The predicted molar refractivity (Wildman–Crippen MR) is 121 cm³/mol. The van der Waals surface area contributed by atoms with Crippen molar-refractivity contribution < 1.29 is 19.1 Å². The summed E-state index contributed by atoms with van der Waals surface area (Å²) in [6.45, 7) is 0. The highest BCUT2D eigenvalue weighted by Gasteiger charge is 2.12. The first-order valence-electron chi connectivity index (χ1n) is 10.4. The van der Waals surface area contributed by atoms with E-state index in [1.807, 2.05) is 36.4 Å². The normalized spacial score (nSPS) is 13.2. The van der Waals surface area contributed by atoms with Crippen LogP contribution in [0.3, 0.4) is 0 Å². The Balaban J connectivity index is 1.33. The number of carbonyl (C=O) groups excluding carboxylic acids is 3. The fourth-order valence-corrected chi connectivity index (χ4v) is 3.15. The lowest BCUT2D eigenvalue weighted by atomic mass is 10.1. The average Bonchev–Trinajstić information content (AvgIpc) is 3.17. The summed E-state index contributed by atoms with van der Waals surface area (Å²) in [7, 11) is 0. The van der Waals surface area contributed by atoms with Gasteiger partial charge in [0, 0.05) is 24.2 Å².